The van der Waals surface area contributed by atoms with E-state index >= 15 is 0 Å². The molecule has 0 spiro atoms. The predicted octanol–water partition coefficient (Wildman–Crippen LogP) is 2.64. The topological polar surface area (TPSA) is 49.8 Å². The third-order valence-electron chi connectivity index (χ3n) is 3.99. The highest BCUT2D eigenvalue weighted by molar-refractivity contribution is 7.08. The van der Waals surface area contributed by atoms with Crippen LogP contribution in [0, 0.1) is 0 Å². The molecular formula is C17H19NO3S. The van der Waals surface area contributed by atoms with E-state index in [-0.39, 0.29) is 11.9 Å². The smallest absolute Gasteiger partial charge is 0.254 e. The van der Waals surface area contributed by atoms with E-state index in [0.717, 1.165) is 11.1 Å². The maximum absolute atomic E-state index is 12.8. The Labute approximate surface area is 134 Å². The number of carbonyl (C=O) groups is 1. The fourth-order valence-electron chi connectivity index (χ4n) is 2.78. The molecule has 2 heterocycles. The van der Waals surface area contributed by atoms with Crippen LogP contribution in [0.25, 0.3) is 11.1 Å². The number of rotatable bonds is 4. The average Bonchev–Trinajstić information content (AvgIpc) is 3.20. The zero-order chi connectivity index (χ0) is 15.5. The second-order valence-electron chi connectivity index (χ2n) is 5.36. The summed E-state index contributed by atoms with van der Waals surface area (Å²) >= 11 is 1.64. The summed E-state index contributed by atoms with van der Waals surface area (Å²) < 4.78 is 5.28. The highest BCUT2D eigenvalue weighted by Crippen LogP contribution is 2.24. The number of hydrogen-bond donors (Lipinski definition) is 1. The van der Waals surface area contributed by atoms with Crippen molar-refractivity contribution in [3.05, 3.63) is 46.7 Å². The summed E-state index contributed by atoms with van der Waals surface area (Å²) in [6.45, 7) is 3.16. The zero-order valence-corrected chi connectivity index (χ0v) is 13.3. The molecule has 1 saturated heterocycles. The second kappa shape index (κ2) is 6.60. The fourth-order valence-corrected chi connectivity index (χ4v) is 3.45. The molecule has 3 rings (SSSR count). The number of aliphatic hydroxyl groups excluding tert-OH is 1. The van der Waals surface area contributed by atoms with Crippen molar-refractivity contribution in [2.75, 3.05) is 19.8 Å². The molecule has 2 atom stereocenters. The van der Waals surface area contributed by atoms with Crippen molar-refractivity contribution in [2.24, 2.45) is 0 Å². The molecule has 0 radical (unpaired) electrons. The number of thiophene rings is 1. The Morgan fingerprint density at radius 3 is 2.86 bits per heavy atom. The molecule has 1 amide bonds. The standard InChI is InChI=1S/C17H19NO3S/c1-2-18(15-9-21-10-16(15)19)17(20)13-5-3-4-12(8-13)14-6-7-22-11-14/h3-8,11,15-16,19H,2,9-10H2,1H3/t15-,16-/m1/s1. The zero-order valence-electron chi connectivity index (χ0n) is 12.4. The molecule has 1 N–H and O–H groups in total. The van der Waals surface area contributed by atoms with Crippen molar-refractivity contribution in [1.82, 2.24) is 4.90 Å². The van der Waals surface area contributed by atoms with Gasteiger partial charge in [-0.2, -0.15) is 11.3 Å². The van der Waals surface area contributed by atoms with E-state index in [4.69, 9.17) is 4.74 Å². The first-order valence-electron chi connectivity index (χ1n) is 7.40. The number of nitrogens with zero attached hydrogens (tertiary/aromatic N) is 1. The molecule has 2 aromatic rings. The third kappa shape index (κ3) is 2.92. The van der Waals surface area contributed by atoms with Gasteiger partial charge in [-0.1, -0.05) is 12.1 Å². The predicted molar refractivity (Wildman–Crippen MR) is 87.1 cm³/mol. The molecule has 22 heavy (non-hydrogen) atoms. The van der Waals surface area contributed by atoms with Gasteiger partial charge in [0.15, 0.2) is 0 Å². The van der Waals surface area contributed by atoms with E-state index in [1.807, 2.05) is 42.6 Å². The van der Waals surface area contributed by atoms with E-state index in [1.165, 1.54) is 0 Å². The van der Waals surface area contributed by atoms with E-state index in [2.05, 4.69) is 5.38 Å². The van der Waals surface area contributed by atoms with Crippen molar-refractivity contribution >= 4 is 17.2 Å². The Balaban J connectivity index is 1.86. The van der Waals surface area contributed by atoms with E-state index in [0.29, 0.717) is 25.3 Å². The van der Waals surface area contributed by atoms with Crippen LogP contribution in [0.2, 0.25) is 0 Å². The minimum Gasteiger partial charge on any atom is -0.388 e. The lowest BCUT2D eigenvalue weighted by Gasteiger charge is -2.29. The third-order valence-corrected chi connectivity index (χ3v) is 4.67. The van der Waals surface area contributed by atoms with Gasteiger partial charge >= 0.3 is 0 Å². The van der Waals surface area contributed by atoms with Crippen LogP contribution in [-0.2, 0) is 4.74 Å². The minimum atomic E-state index is -0.607. The molecule has 116 valence electrons. The Bertz CT molecular complexity index is 641. The molecule has 0 saturated carbocycles. The minimum absolute atomic E-state index is 0.0610. The maximum Gasteiger partial charge on any atom is 0.254 e. The van der Waals surface area contributed by atoms with Gasteiger partial charge in [0.1, 0.15) is 0 Å². The van der Waals surface area contributed by atoms with Crippen LogP contribution < -0.4 is 0 Å². The normalized spacial score (nSPS) is 21.0. The summed E-state index contributed by atoms with van der Waals surface area (Å²) in [6.07, 6.45) is -0.607. The van der Waals surface area contributed by atoms with Crippen molar-refractivity contribution in [2.45, 2.75) is 19.1 Å². The lowest BCUT2D eigenvalue weighted by atomic mass is 10.0. The second-order valence-corrected chi connectivity index (χ2v) is 6.14. The monoisotopic (exact) mass is 317 g/mol. The van der Waals surface area contributed by atoms with Crippen LogP contribution in [0.15, 0.2) is 41.1 Å². The fraction of sp³-hybridized carbons (Fsp3) is 0.353. The maximum atomic E-state index is 12.8. The van der Waals surface area contributed by atoms with Crippen LogP contribution >= 0.6 is 11.3 Å². The Kier molecular flexibility index (Phi) is 4.57. The number of aliphatic hydroxyl groups is 1. The summed E-state index contributed by atoms with van der Waals surface area (Å²) in [7, 11) is 0. The van der Waals surface area contributed by atoms with Crippen LogP contribution in [0.3, 0.4) is 0 Å². The van der Waals surface area contributed by atoms with Gasteiger partial charge in [0.25, 0.3) is 5.91 Å². The summed E-state index contributed by atoms with van der Waals surface area (Å²) in [6, 6.07) is 9.42. The highest BCUT2D eigenvalue weighted by atomic mass is 32.1. The van der Waals surface area contributed by atoms with Gasteiger partial charge in [-0.05, 0) is 47.0 Å². The van der Waals surface area contributed by atoms with Gasteiger partial charge < -0.3 is 14.7 Å². The Morgan fingerprint density at radius 1 is 1.36 bits per heavy atom. The molecule has 1 aromatic heterocycles. The molecule has 0 aliphatic carbocycles. The first-order chi connectivity index (χ1) is 10.7. The molecule has 1 fully saturated rings. The summed E-state index contributed by atoms with van der Waals surface area (Å²) in [5.74, 6) is -0.0610. The van der Waals surface area contributed by atoms with Crippen LogP contribution in [0.4, 0.5) is 0 Å². The van der Waals surface area contributed by atoms with Crippen LogP contribution in [0.5, 0.6) is 0 Å². The first-order valence-corrected chi connectivity index (χ1v) is 8.34. The van der Waals surface area contributed by atoms with Crippen LogP contribution in [-0.4, -0.2) is 47.8 Å². The van der Waals surface area contributed by atoms with E-state index in [9.17, 15) is 9.90 Å². The number of benzene rings is 1. The number of likely N-dealkylation sites (N-methyl/N-ethyl adjacent to an activating group) is 1. The van der Waals surface area contributed by atoms with Gasteiger partial charge in [0, 0.05) is 12.1 Å². The quantitative estimate of drug-likeness (QED) is 0.943. The lowest BCUT2D eigenvalue weighted by molar-refractivity contribution is 0.0520. The molecule has 0 bridgehead atoms. The number of ether oxygens (including phenoxy) is 1. The Morgan fingerprint density at radius 2 is 2.23 bits per heavy atom. The lowest BCUT2D eigenvalue weighted by Crippen LogP contribution is -2.46. The van der Waals surface area contributed by atoms with Gasteiger partial charge in [0.2, 0.25) is 0 Å². The van der Waals surface area contributed by atoms with Crippen molar-refractivity contribution in [1.29, 1.82) is 0 Å². The molecule has 1 aliphatic rings. The van der Waals surface area contributed by atoms with Gasteiger partial charge in [-0.3, -0.25) is 4.79 Å². The molecule has 0 unspecified atom stereocenters. The van der Waals surface area contributed by atoms with E-state index in [1.54, 1.807) is 16.2 Å². The van der Waals surface area contributed by atoms with Gasteiger partial charge in [-0.25, -0.2) is 0 Å². The summed E-state index contributed by atoms with van der Waals surface area (Å²) in [5.41, 5.74) is 2.79. The SMILES string of the molecule is CCN(C(=O)c1cccc(-c2ccsc2)c1)[C@@H]1COC[C@H]1O. The number of amides is 1. The van der Waals surface area contributed by atoms with Gasteiger partial charge in [-0.15, -0.1) is 0 Å². The van der Waals surface area contributed by atoms with Crippen molar-refractivity contribution in [3.8, 4) is 11.1 Å². The average molecular weight is 317 g/mol. The largest absolute Gasteiger partial charge is 0.388 e. The van der Waals surface area contributed by atoms with Gasteiger partial charge in [0.05, 0.1) is 25.4 Å². The Hall–Kier alpha value is -1.69. The number of hydrogen-bond acceptors (Lipinski definition) is 4. The van der Waals surface area contributed by atoms with Crippen molar-refractivity contribution < 1.29 is 14.6 Å². The van der Waals surface area contributed by atoms with Crippen molar-refractivity contribution in [3.63, 3.8) is 0 Å². The molecule has 1 aromatic carbocycles. The first kappa shape index (κ1) is 15.2. The van der Waals surface area contributed by atoms with Crippen LogP contribution in [0.1, 0.15) is 17.3 Å². The molecular weight excluding hydrogens is 298 g/mol. The molecule has 4 nitrogen and oxygen atoms in total. The van der Waals surface area contributed by atoms with E-state index < -0.39 is 6.10 Å². The molecule has 5 heteroatoms. The summed E-state index contributed by atoms with van der Waals surface area (Å²) in [4.78, 5) is 14.5. The number of carbonyl (C=O) groups excluding carboxylic acids is 1. The molecule has 1 aliphatic heterocycles. The summed E-state index contributed by atoms with van der Waals surface area (Å²) in [5, 5.41) is 14.1. The highest BCUT2D eigenvalue weighted by Gasteiger charge is 2.34.